The third-order valence-corrected chi connectivity index (χ3v) is 3.46. The van der Waals surface area contributed by atoms with E-state index < -0.39 is 0 Å². The zero-order valence-corrected chi connectivity index (χ0v) is 11.4. The molecule has 1 atom stereocenters. The Kier molecular flexibility index (Phi) is 3.51. The number of nitrogen functional groups attached to an aromatic ring is 1. The fraction of sp³-hybridized carbons (Fsp3) is 0.583. The lowest BCUT2D eigenvalue weighted by atomic mass is 10.3. The number of aryl methyl sites for hydroxylation is 1. The standard InChI is InChI=1S/C12H18N6O2/c1-17-12-9(4-14-17)11(13)15-10(16-12)6-18-2-3-20-8(5-18)7-19/h4,8,19H,2-3,5-7H2,1H3,(H2,13,15,16). The van der Waals surface area contributed by atoms with E-state index >= 15 is 0 Å². The largest absolute Gasteiger partial charge is 0.394 e. The van der Waals surface area contributed by atoms with Crippen LogP contribution in [0.5, 0.6) is 0 Å². The van der Waals surface area contributed by atoms with Crippen molar-refractivity contribution in [2.75, 3.05) is 32.0 Å². The summed E-state index contributed by atoms with van der Waals surface area (Å²) in [6, 6.07) is 0. The Labute approximate surface area is 116 Å². The van der Waals surface area contributed by atoms with E-state index in [-0.39, 0.29) is 12.7 Å². The molecular formula is C12H18N6O2. The van der Waals surface area contributed by atoms with Crippen molar-refractivity contribution >= 4 is 16.9 Å². The van der Waals surface area contributed by atoms with E-state index in [2.05, 4.69) is 20.0 Å². The van der Waals surface area contributed by atoms with Crippen molar-refractivity contribution in [2.45, 2.75) is 12.6 Å². The molecule has 0 saturated carbocycles. The number of ether oxygens (including phenoxy) is 1. The van der Waals surface area contributed by atoms with E-state index in [0.717, 1.165) is 17.6 Å². The monoisotopic (exact) mass is 278 g/mol. The van der Waals surface area contributed by atoms with Gasteiger partial charge in [0.15, 0.2) is 5.65 Å². The van der Waals surface area contributed by atoms with E-state index in [1.54, 1.807) is 10.9 Å². The van der Waals surface area contributed by atoms with Crippen LogP contribution in [0.3, 0.4) is 0 Å². The van der Waals surface area contributed by atoms with Crippen molar-refractivity contribution < 1.29 is 9.84 Å². The van der Waals surface area contributed by atoms with Gasteiger partial charge in [0.2, 0.25) is 0 Å². The molecule has 0 amide bonds. The zero-order chi connectivity index (χ0) is 14.1. The predicted molar refractivity (Wildman–Crippen MR) is 72.8 cm³/mol. The van der Waals surface area contributed by atoms with E-state index in [1.165, 1.54) is 0 Å². The molecule has 3 heterocycles. The van der Waals surface area contributed by atoms with Crippen molar-refractivity contribution in [1.29, 1.82) is 0 Å². The molecule has 2 aromatic heterocycles. The molecule has 0 radical (unpaired) electrons. The van der Waals surface area contributed by atoms with Gasteiger partial charge in [0.05, 0.1) is 37.4 Å². The first-order valence-corrected chi connectivity index (χ1v) is 6.56. The van der Waals surface area contributed by atoms with Crippen LogP contribution in [0.2, 0.25) is 0 Å². The van der Waals surface area contributed by atoms with Gasteiger partial charge in [-0.2, -0.15) is 5.10 Å². The summed E-state index contributed by atoms with van der Waals surface area (Å²) in [5.74, 6) is 1.11. The molecular weight excluding hydrogens is 260 g/mol. The summed E-state index contributed by atoms with van der Waals surface area (Å²) in [7, 11) is 1.83. The summed E-state index contributed by atoms with van der Waals surface area (Å²) >= 11 is 0. The summed E-state index contributed by atoms with van der Waals surface area (Å²) < 4.78 is 7.11. The normalized spacial score (nSPS) is 20.6. The molecule has 0 spiro atoms. The van der Waals surface area contributed by atoms with Crippen LogP contribution in [-0.4, -0.2) is 62.2 Å². The number of anilines is 1. The van der Waals surface area contributed by atoms with E-state index in [1.807, 2.05) is 7.05 Å². The Hall–Kier alpha value is -1.77. The Bertz CT molecular complexity index is 613. The van der Waals surface area contributed by atoms with Crippen LogP contribution >= 0.6 is 0 Å². The van der Waals surface area contributed by atoms with Crippen LogP contribution in [0.1, 0.15) is 5.82 Å². The van der Waals surface area contributed by atoms with Gasteiger partial charge in [-0.1, -0.05) is 0 Å². The van der Waals surface area contributed by atoms with Crippen LogP contribution in [0.4, 0.5) is 5.82 Å². The van der Waals surface area contributed by atoms with E-state index in [9.17, 15) is 0 Å². The molecule has 108 valence electrons. The average Bonchev–Trinajstić information content (AvgIpc) is 2.81. The highest BCUT2D eigenvalue weighted by Crippen LogP contribution is 2.17. The molecule has 1 aliphatic heterocycles. The minimum absolute atomic E-state index is 0.0280. The second-order valence-corrected chi connectivity index (χ2v) is 4.94. The van der Waals surface area contributed by atoms with Crippen molar-refractivity contribution in [3.63, 3.8) is 0 Å². The molecule has 2 aromatic rings. The Morgan fingerprint density at radius 3 is 3.15 bits per heavy atom. The summed E-state index contributed by atoms with van der Waals surface area (Å²) in [6.07, 6.45) is 1.53. The number of aliphatic hydroxyl groups is 1. The molecule has 20 heavy (non-hydrogen) atoms. The van der Waals surface area contributed by atoms with Gasteiger partial charge >= 0.3 is 0 Å². The smallest absolute Gasteiger partial charge is 0.163 e. The molecule has 8 heteroatoms. The van der Waals surface area contributed by atoms with Crippen molar-refractivity contribution in [2.24, 2.45) is 7.05 Å². The lowest BCUT2D eigenvalue weighted by Crippen LogP contribution is -2.43. The molecule has 0 aromatic carbocycles. The second-order valence-electron chi connectivity index (χ2n) is 4.94. The maximum Gasteiger partial charge on any atom is 0.163 e. The summed E-state index contributed by atoms with van der Waals surface area (Å²) in [6.45, 7) is 2.69. The number of fused-ring (bicyclic) bond motifs is 1. The first-order chi connectivity index (χ1) is 9.67. The molecule has 1 saturated heterocycles. The number of morpholine rings is 1. The lowest BCUT2D eigenvalue weighted by Gasteiger charge is -2.31. The van der Waals surface area contributed by atoms with Crippen molar-refractivity contribution in [3.05, 3.63) is 12.0 Å². The van der Waals surface area contributed by atoms with Gasteiger partial charge in [0.1, 0.15) is 11.6 Å². The van der Waals surface area contributed by atoms with Gasteiger partial charge in [-0.15, -0.1) is 0 Å². The topological polar surface area (TPSA) is 102 Å². The minimum Gasteiger partial charge on any atom is -0.394 e. The first kappa shape index (κ1) is 13.2. The second kappa shape index (κ2) is 5.31. The van der Waals surface area contributed by atoms with Gasteiger partial charge in [0, 0.05) is 20.1 Å². The summed E-state index contributed by atoms with van der Waals surface area (Å²) in [5.41, 5.74) is 6.68. The number of aliphatic hydroxyl groups excluding tert-OH is 1. The Balaban J connectivity index is 1.82. The average molecular weight is 278 g/mol. The molecule has 1 fully saturated rings. The van der Waals surface area contributed by atoms with Gasteiger partial charge in [-0.05, 0) is 0 Å². The van der Waals surface area contributed by atoms with E-state index in [4.69, 9.17) is 15.6 Å². The maximum absolute atomic E-state index is 9.15. The van der Waals surface area contributed by atoms with Gasteiger partial charge in [0.25, 0.3) is 0 Å². The SMILES string of the molecule is Cn1ncc2c(N)nc(CN3CCOC(CO)C3)nc21. The highest BCUT2D eigenvalue weighted by molar-refractivity contribution is 5.84. The number of nitrogens with zero attached hydrogens (tertiary/aromatic N) is 5. The fourth-order valence-corrected chi connectivity index (χ4v) is 2.40. The molecule has 1 aliphatic rings. The fourth-order valence-electron chi connectivity index (χ4n) is 2.40. The van der Waals surface area contributed by atoms with Crippen molar-refractivity contribution in [1.82, 2.24) is 24.6 Å². The minimum atomic E-state index is -0.137. The number of rotatable bonds is 3. The number of hydrogen-bond acceptors (Lipinski definition) is 7. The zero-order valence-electron chi connectivity index (χ0n) is 11.4. The molecule has 3 N–H and O–H groups in total. The van der Waals surface area contributed by atoms with Crippen LogP contribution in [0, 0.1) is 0 Å². The highest BCUT2D eigenvalue weighted by Gasteiger charge is 2.21. The molecule has 0 aliphatic carbocycles. The molecule has 8 nitrogen and oxygen atoms in total. The van der Waals surface area contributed by atoms with Crippen LogP contribution in [0.25, 0.3) is 11.0 Å². The van der Waals surface area contributed by atoms with Crippen LogP contribution in [0.15, 0.2) is 6.20 Å². The molecule has 0 bridgehead atoms. The Morgan fingerprint density at radius 1 is 1.50 bits per heavy atom. The van der Waals surface area contributed by atoms with E-state index in [0.29, 0.717) is 31.3 Å². The molecule has 3 rings (SSSR count). The Morgan fingerprint density at radius 2 is 2.35 bits per heavy atom. The van der Waals surface area contributed by atoms with Crippen LogP contribution in [-0.2, 0) is 18.3 Å². The van der Waals surface area contributed by atoms with Crippen molar-refractivity contribution in [3.8, 4) is 0 Å². The quantitative estimate of drug-likeness (QED) is 0.753. The molecule has 1 unspecified atom stereocenters. The maximum atomic E-state index is 9.15. The number of hydrogen-bond donors (Lipinski definition) is 2. The first-order valence-electron chi connectivity index (χ1n) is 6.56. The lowest BCUT2D eigenvalue weighted by molar-refractivity contribution is -0.0556. The number of aromatic nitrogens is 4. The van der Waals surface area contributed by atoms with Gasteiger partial charge in [-0.25, -0.2) is 9.97 Å². The number of nitrogens with two attached hydrogens (primary N) is 1. The van der Waals surface area contributed by atoms with Gasteiger partial charge < -0.3 is 15.6 Å². The van der Waals surface area contributed by atoms with Gasteiger partial charge in [-0.3, -0.25) is 9.58 Å². The summed E-state index contributed by atoms with van der Waals surface area (Å²) in [4.78, 5) is 11.0. The third kappa shape index (κ3) is 2.45. The third-order valence-electron chi connectivity index (χ3n) is 3.46. The predicted octanol–water partition coefficient (Wildman–Crippen LogP) is -0.861. The highest BCUT2D eigenvalue weighted by atomic mass is 16.5. The van der Waals surface area contributed by atoms with Crippen LogP contribution < -0.4 is 5.73 Å². The summed E-state index contributed by atoms with van der Waals surface area (Å²) in [5, 5.41) is 14.1.